The quantitative estimate of drug-likeness (QED) is 0.551. The van der Waals surface area contributed by atoms with Gasteiger partial charge in [-0.05, 0) is 35.7 Å². The molecule has 0 saturated carbocycles. The van der Waals surface area contributed by atoms with Crippen molar-refractivity contribution in [1.29, 1.82) is 0 Å². The summed E-state index contributed by atoms with van der Waals surface area (Å²) in [5, 5.41) is 11.5. The Bertz CT molecular complexity index is 385. The number of nitroso groups, excluding NO2 is 1. The Hall–Kier alpha value is -2.02. The van der Waals surface area contributed by atoms with Crippen molar-refractivity contribution in [3.8, 4) is 0 Å². The highest BCUT2D eigenvalue weighted by molar-refractivity contribution is 5.47. The monoisotopic (exact) mass is 224 g/mol. The van der Waals surface area contributed by atoms with Gasteiger partial charge in [0, 0.05) is 17.1 Å². The van der Waals surface area contributed by atoms with E-state index < -0.39 is 0 Å². The molecule has 16 heavy (non-hydrogen) atoms. The van der Waals surface area contributed by atoms with Gasteiger partial charge in [0.1, 0.15) is 0 Å². The molecule has 86 valence electrons. The lowest BCUT2D eigenvalue weighted by atomic mass is 10.1. The van der Waals surface area contributed by atoms with Crippen LogP contribution in [0.15, 0.2) is 60.3 Å². The zero-order valence-electron chi connectivity index (χ0n) is 8.33. The van der Waals surface area contributed by atoms with E-state index in [1.54, 1.807) is 24.3 Å². The average molecular weight is 224 g/mol. The third-order valence-corrected chi connectivity index (χ3v) is 1.94. The molecule has 0 aliphatic carbocycles. The summed E-state index contributed by atoms with van der Waals surface area (Å²) in [6.45, 7) is 0. The molecule has 0 saturated heterocycles. The van der Waals surface area contributed by atoms with Crippen LogP contribution in [-0.4, -0.2) is 20.8 Å². The maximum absolute atomic E-state index is 10.8. The zero-order chi connectivity index (χ0) is 9.97. The summed E-state index contributed by atoms with van der Waals surface area (Å²) >= 11 is 0. The number of hydrogen-bond donors (Lipinski definition) is 0. The van der Waals surface area contributed by atoms with Crippen molar-refractivity contribution in [2.45, 2.75) is 0 Å². The van der Waals surface area contributed by atoms with Crippen LogP contribution in [0, 0.1) is 10.1 Å². The van der Waals surface area contributed by atoms with Crippen molar-refractivity contribution in [2.75, 3.05) is 0 Å². The van der Waals surface area contributed by atoms with Crippen molar-refractivity contribution in [2.24, 2.45) is 0 Å². The van der Waals surface area contributed by atoms with Crippen molar-refractivity contribution in [3.63, 3.8) is 0 Å². The summed E-state index contributed by atoms with van der Waals surface area (Å²) in [6.07, 6.45) is 12.5. The first kappa shape index (κ1) is 14.0. The van der Waals surface area contributed by atoms with Gasteiger partial charge in [0.05, 0.1) is 4.76 Å². The van der Waals surface area contributed by atoms with Gasteiger partial charge in [-0.3, -0.25) is 0 Å². The molecule has 6 heteroatoms. The smallest absolute Gasteiger partial charge is 0.228 e. The highest BCUT2D eigenvalue weighted by Gasteiger charge is 2.07. The molecule has 2 aliphatic heterocycles. The normalized spacial score (nSPS) is 17.3. The summed E-state index contributed by atoms with van der Waals surface area (Å²) < 4.78 is 0.722. The Morgan fingerprint density at radius 1 is 0.938 bits per heavy atom. The number of hydrogen-bond acceptors (Lipinski definition) is 3. The molecule has 0 radical (unpaired) electrons. The van der Waals surface area contributed by atoms with Gasteiger partial charge >= 0.3 is 0 Å². The molecule has 0 unspecified atom stereocenters. The van der Waals surface area contributed by atoms with E-state index in [1.165, 1.54) is 24.8 Å². The molecule has 6 nitrogen and oxygen atoms in total. The number of rotatable bonds is 0. The fraction of sp³-hybridized carbons (Fsp3) is 0. The van der Waals surface area contributed by atoms with Crippen LogP contribution >= 0.6 is 0 Å². The van der Waals surface area contributed by atoms with Gasteiger partial charge in [0.25, 0.3) is 0 Å². The Balaban J connectivity index is 0.00000112. The number of nitrogens with zero attached hydrogens (tertiary/aromatic N) is 2. The van der Waals surface area contributed by atoms with Crippen LogP contribution in [0.25, 0.3) is 0 Å². The van der Waals surface area contributed by atoms with Gasteiger partial charge in [-0.1, -0.05) is 0 Å². The molecule has 0 amide bonds. The second-order valence-corrected chi connectivity index (χ2v) is 2.89. The largest absolute Gasteiger partial charge is 0.755 e. The second-order valence-electron chi connectivity index (χ2n) is 2.89. The Morgan fingerprint density at radius 2 is 1.38 bits per heavy atom. The molecular formula is C10H12N2O4. The first-order valence-corrected chi connectivity index (χ1v) is 4.14. The molecule has 2 aliphatic rings. The van der Waals surface area contributed by atoms with Gasteiger partial charge in [0.2, 0.25) is 12.4 Å². The summed E-state index contributed by atoms with van der Waals surface area (Å²) in [6, 6.07) is 0. The molecule has 4 N–H and O–H groups in total. The summed E-state index contributed by atoms with van der Waals surface area (Å²) in [5.41, 5.74) is 1.83. The van der Waals surface area contributed by atoms with Crippen LogP contribution in [0.3, 0.4) is 0 Å². The van der Waals surface area contributed by atoms with Crippen LogP contribution < -0.4 is 0 Å². The maximum atomic E-state index is 10.8. The van der Waals surface area contributed by atoms with Gasteiger partial charge < -0.3 is 21.2 Å². The van der Waals surface area contributed by atoms with Crippen molar-refractivity contribution < 1.29 is 15.7 Å². The van der Waals surface area contributed by atoms with Crippen molar-refractivity contribution >= 4 is 0 Å². The topological polar surface area (TPSA) is 109 Å². The molecule has 0 aromatic rings. The van der Waals surface area contributed by atoms with Gasteiger partial charge in [-0.25, -0.2) is 0 Å². The van der Waals surface area contributed by atoms with E-state index in [2.05, 4.69) is 0 Å². The molecule has 0 aromatic heterocycles. The Morgan fingerprint density at radius 3 is 1.88 bits per heavy atom. The van der Waals surface area contributed by atoms with Gasteiger partial charge in [-0.15, -0.1) is 0 Å². The van der Waals surface area contributed by atoms with Crippen LogP contribution in [0.5, 0.6) is 0 Å². The minimum atomic E-state index is 0. The van der Waals surface area contributed by atoms with E-state index in [0.29, 0.717) is 0 Å². The van der Waals surface area contributed by atoms with E-state index in [9.17, 15) is 10.1 Å². The predicted molar refractivity (Wildman–Crippen MR) is 59.6 cm³/mol. The lowest BCUT2D eigenvalue weighted by Gasteiger charge is -2.23. The molecule has 0 bridgehead atoms. The maximum Gasteiger partial charge on any atom is 0.228 e. The van der Waals surface area contributed by atoms with E-state index in [-0.39, 0.29) is 11.0 Å². The third-order valence-electron chi connectivity index (χ3n) is 1.94. The second kappa shape index (κ2) is 5.76. The third kappa shape index (κ3) is 2.99. The molecule has 2 heterocycles. The highest BCUT2D eigenvalue weighted by atomic mass is 16.5. The molecule has 2 rings (SSSR count). The zero-order valence-corrected chi connectivity index (χ0v) is 8.33. The molecule has 0 atom stereocenters. The first-order chi connectivity index (χ1) is 6.75. The van der Waals surface area contributed by atoms with Gasteiger partial charge in [-0.2, -0.15) is 0 Å². The molecule has 0 fully saturated rings. The van der Waals surface area contributed by atoms with Crippen LogP contribution in [0.2, 0.25) is 0 Å². The lowest BCUT2D eigenvalue weighted by molar-refractivity contribution is -0.403. The minimum Gasteiger partial charge on any atom is -0.755 e. The van der Waals surface area contributed by atoms with E-state index in [4.69, 9.17) is 0 Å². The molecule has 0 spiro atoms. The van der Waals surface area contributed by atoms with Gasteiger partial charge in [0.15, 0.2) is 0 Å². The van der Waals surface area contributed by atoms with Crippen LogP contribution in [-0.2, 0) is 0 Å². The number of hydroxylamine groups is 2. The fourth-order valence-corrected chi connectivity index (χ4v) is 1.21. The standard InChI is InChI=1S/C10H8N2O2.2H2O/c13-11-5-1-9(2-6-11)10-3-7-12(14)8-4-10;;/h1-8H;2*1H2. The minimum absolute atomic E-state index is 0. The van der Waals surface area contributed by atoms with Crippen LogP contribution in [0.4, 0.5) is 0 Å². The Labute approximate surface area is 91.9 Å². The molecule has 0 aromatic carbocycles. The van der Waals surface area contributed by atoms with E-state index >= 15 is 0 Å². The summed E-state index contributed by atoms with van der Waals surface area (Å²) in [7, 11) is 0. The van der Waals surface area contributed by atoms with Crippen molar-refractivity contribution in [1.82, 2.24) is 5.06 Å². The van der Waals surface area contributed by atoms with Crippen molar-refractivity contribution in [3.05, 3.63) is 70.4 Å². The average Bonchev–Trinajstić information content (AvgIpc) is 2.21. The fourth-order valence-electron chi connectivity index (χ4n) is 1.21. The summed E-state index contributed by atoms with van der Waals surface area (Å²) in [4.78, 5) is 10.8. The molecular weight excluding hydrogens is 212 g/mol. The van der Waals surface area contributed by atoms with E-state index in [1.807, 2.05) is 0 Å². The highest BCUT2D eigenvalue weighted by Crippen LogP contribution is 2.17. The first-order valence-electron chi connectivity index (χ1n) is 4.14. The SMILES string of the molecule is O.O.O=[N+]1C=CC(=C2C=CN([O-])C=C2)C=C1. The Kier molecular flexibility index (Phi) is 5.03. The lowest BCUT2D eigenvalue weighted by Crippen LogP contribution is -2.02. The predicted octanol–water partition coefficient (Wildman–Crippen LogP) is 0.294. The number of allylic oxidation sites excluding steroid dienone is 6. The van der Waals surface area contributed by atoms with Crippen LogP contribution in [0.1, 0.15) is 0 Å². The van der Waals surface area contributed by atoms with E-state index in [0.717, 1.165) is 21.0 Å². The summed E-state index contributed by atoms with van der Waals surface area (Å²) in [5.74, 6) is 0.